The molecule has 0 amide bonds. The van der Waals surface area contributed by atoms with E-state index in [0.29, 0.717) is 16.1 Å². The summed E-state index contributed by atoms with van der Waals surface area (Å²) in [5.41, 5.74) is 1.30. The third-order valence-corrected chi connectivity index (χ3v) is 5.84. The van der Waals surface area contributed by atoms with Gasteiger partial charge in [0.2, 0.25) is 10.0 Å². The van der Waals surface area contributed by atoms with Crippen LogP contribution in [0.2, 0.25) is 5.02 Å². The van der Waals surface area contributed by atoms with E-state index in [0.717, 1.165) is 0 Å². The molecule has 1 heterocycles. The summed E-state index contributed by atoms with van der Waals surface area (Å²) >= 11 is 6.14. The third-order valence-electron chi connectivity index (χ3n) is 3.67. The number of fused-ring (bicyclic) bond motifs is 1. The van der Waals surface area contributed by atoms with Crippen molar-refractivity contribution in [2.75, 3.05) is 6.54 Å². The van der Waals surface area contributed by atoms with Gasteiger partial charge in [-0.1, -0.05) is 35.9 Å². The van der Waals surface area contributed by atoms with Crippen LogP contribution >= 0.6 is 11.6 Å². The highest BCUT2D eigenvalue weighted by molar-refractivity contribution is 7.89. The standard InChI is InChI=1S/C17H15ClN2O4S/c1-2-9-20(11-12-5-3-4-6-14(12)18)25(22,23)13-7-8-15-16(10-13)24-17(21)19-15/h2-8,10H,1,9,11H2,(H,19,21). The van der Waals surface area contributed by atoms with Gasteiger partial charge in [0, 0.05) is 24.2 Å². The number of benzene rings is 2. The van der Waals surface area contributed by atoms with Crippen molar-refractivity contribution in [1.82, 2.24) is 9.29 Å². The molecule has 0 saturated carbocycles. The van der Waals surface area contributed by atoms with Crippen LogP contribution in [0.5, 0.6) is 0 Å². The maximum atomic E-state index is 13.0. The number of sulfonamides is 1. The van der Waals surface area contributed by atoms with Crippen molar-refractivity contribution in [2.45, 2.75) is 11.4 Å². The predicted octanol–water partition coefficient (Wildman–Crippen LogP) is 3.15. The average Bonchev–Trinajstić information content (AvgIpc) is 2.95. The molecule has 0 saturated heterocycles. The van der Waals surface area contributed by atoms with Gasteiger partial charge in [0.1, 0.15) is 0 Å². The zero-order valence-electron chi connectivity index (χ0n) is 13.1. The Balaban J connectivity index is 2.01. The van der Waals surface area contributed by atoms with Gasteiger partial charge >= 0.3 is 5.76 Å². The van der Waals surface area contributed by atoms with E-state index < -0.39 is 15.8 Å². The Bertz CT molecular complexity index is 1090. The van der Waals surface area contributed by atoms with Crippen LogP contribution in [0.1, 0.15) is 5.56 Å². The molecule has 25 heavy (non-hydrogen) atoms. The van der Waals surface area contributed by atoms with Crippen molar-refractivity contribution in [3.8, 4) is 0 Å². The maximum Gasteiger partial charge on any atom is 0.417 e. The fraction of sp³-hybridized carbons (Fsp3) is 0.118. The number of hydrogen-bond acceptors (Lipinski definition) is 4. The Hall–Kier alpha value is -2.35. The van der Waals surface area contributed by atoms with Crippen molar-refractivity contribution in [3.63, 3.8) is 0 Å². The van der Waals surface area contributed by atoms with E-state index in [4.69, 9.17) is 16.0 Å². The Kier molecular flexibility index (Phi) is 4.80. The fourth-order valence-electron chi connectivity index (χ4n) is 2.44. The Morgan fingerprint density at radius 2 is 2.00 bits per heavy atom. The van der Waals surface area contributed by atoms with Gasteiger partial charge in [-0.2, -0.15) is 4.31 Å². The first-order valence-electron chi connectivity index (χ1n) is 7.39. The molecule has 0 unspecified atom stereocenters. The van der Waals surface area contributed by atoms with Crippen LogP contribution in [0.3, 0.4) is 0 Å². The summed E-state index contributed by atoms with van der Waals surface area (Å²) in [4.78, 5) is 13.8. The number of rotatable bonds is 6. The van der Waals surface area contributed by atoms with Crippen molar-refractivity contribution in [3.05, 3.63) is 76.3 Å². The van der Waals surface area contributed by atoms with Gasteiger partial charge in [0.25, 0.3) is 0 Å². The zero-order valence-corrected chi connectivity index (χ0v) is 14.7. The largest absolute Gasteiger partial charge is 0.417 e. The van der Waals surface area contributed by atoms with E-state index in [1.807, 2.05) is 0 Å². The molecule has 8 heteroatoms. The molecule has 0 aliphatic heterocycles. The topological polar surface area (TPSA) is 83.4 Å². The number of nitrogens with zero attached hydrogens (tertiary/aromatic N) is 1. The molecular formula is C17H15ClN2O4S. The van der Waals surface area contributed by atoms with Gasteiger partial charge in [-0.15, -0.1) is 6.58 Å². The van der Waals surface area contributed by atoms with E-state index in [-0.39, 0.29) is 23.6 Å². The summed E-state index contributed by atoms with van der Waals surface area (Å²) in [7, 11) is -3.83. The van der Waals surface area contributed by atoms with Gasteiger partial charge in [-0.05, 0) is 23.8 Å². The molecule has 0 aliphatic rings. The summed E-state index contributed by atoms with van der Waals surface area (Å²) in [6, 6.07) is 11.3. The summed E-state index contributed by atoms with van der Waals surface area (Å²) in [6.45, 7) is 3.84. The first-order chi connectivity index (χ1) is 11.9. The highest BCUT2D eigenvalue weighted by atomic mass is 35.5. The van der Waals surface area contributed by atoms with Gasteiger partial charge in [0.15, 0.2) is 5.58 Å². The quantitative estimate of drug-likeness (QED) is 0.668. The number of aromatic amines is 1. The highest BCUT2D eigenvalue weighted by Crippen LogP contribution is 2.24. The normalized spacial score (nSPS) is 11.9. The number of halogens is 1. The van der Waals surface area contributed by atoms with Crippen molar-refractivity contribution < 1.29 is 12.8 Å². The van der Waals surface area contributed by atoms with Crippen LogP contribution in [-0.4, -0.2) is 24.3 Å². The summed E-state index contributed by atoms with van der Waals surface area (Å²) in [5, 5.41) is 0.485. The lowest BCUT2D eigenvalue weighted by molar-refractivity contribution is 0.438. The first kappa shape index (κ1) is 17.5. The lowest BCUT2D eigenvalue weighted by atomic mass is 10.2. The van der Waals surface area contributed by atoms with E-state index in [1.54, 1.807) is 24.3 Å². The molecule has 0 fully saturated rings. The zero-order chi connectivity index (χ0) is 18.0. The van der Waals surface area contributed by atoms with Crippen LogP contribution in [-0.2, 0) is 16.6 Å². The third kappa shape index (κ3) is 3.53. The maximum absolute atomic E-state index is 13.0. The molecule has 3 rings (SSSR count). The van der Waals surface area contributed by atoms with Crippen LogP contribution in [0.25, 0.3) is 11.1 Å². The monoisotopic (exact) mass is 378 g/mol. The molecule has 0 bridgehead atoms. The molecule has 2 aromatic carbocycles. The number of H-pyrrole nitrogens is 1. The number of oxazole rings is 1. The molecule has 3 aromatic rings. The van der Waals surface area contributed by atoms with Gasteiger partial charge in [-0.25, -0.2) is 13.2 Å². The van der Waals surface area contributed by atoms with E-state index >= 15 is 0 Å². The van der Waals surface area contributed by atoms with Crippen molar-refractivity contribution in [1.29, 1.82) is 0 Å². The summed E-state index contributed by atoms with van der Waals surface area (Å²) in [6.07, 6.45) is 1.50. The molecule has 130 valence electrons. The first-order valence-corrected chi connectivity index (χ1v) is 9.21. The lowest BCUT2D eigenvalue weighted by Gasteiger charge is -2.21. The van der Waals surface area contributed by atoms with Crippen LogP contribution in [0.4, 0.5) is 0 Å². The smallest absolute Gasteiger partial charge is 0.408 e. The molecular weight excluding hydrogens is 364 g/mol. The summed E-state index contributed by atoms with van der Waals surface area (Å²) in [5.74, 6) is -0.636. The van der Waals surface area contributed by atoms with E-state index in [2.05, 4.69) is 11.6 Å². The Morgan fingerprint density at radius 3 is 2.72 bits per heavy atom. The second kappa shape index (κ2) is 6.87. The Morgan fingerprint density at radius 1 is 1.24 bits per heavy atom. The van der Waals surface area contributed by atoms with E-state index in [1.165, 1.54) is 28.6 Å². The van der Waals surface area contributed by atoms with Gasteiger partial charge in [-0.3, -0.25) is 4.98 Å². The molecule has 0 radical (unpaired) electrons. The molecule has 1 aromatic heterocycles. The summed E-state index contributed by atoms with van der Waals surface area (Å²) < 4.78 is 32.2. The molecule has 0 aliphatic carbocycles. The van der Waals surface area contributed by atoms with Crippen molar-refractivity contribution >= 4 is 32.7 Å². The number of nitrogens with one attached hydrogen (secondary N) is 1. The van der Waals surface area contributed by atoms with E-state index in [9.17, 15) is 13.2 Å². The average molecular weight is 379 g/mol. The Labute approximate surface area is 149 Å². The van der Waals surface area contributed by atoms with Crippen LogP contribution < -0.4 is 5.76 Å². The minimum Gasteiger partial charge on any atom is -0.408 e. The van der Waals surface area contributed by atoms with Gasteiger partial charge in [0.05, 0.1) is 10.4 Å². The SMILES string of the molecule is C=CCN(Cc1ccccc1Cl)S(=O)(=O)c1ccc2[nH]c(=O)oc2c1. The predicted molar refractivity (Wildman–Crippen MR) is 96.1 cm³/mol. The second-order valence-corrected chi connectivity index (χ2v) is 7.70. The number of hydrogen-bond donors (Lipinski definition) is 1. The highest BCUT2D eigenvalue weighted by Gasteiger charge is 2.25. The van der Waals surface area contributed by atoms with Crippen molar-refractivity contribution in [2.24, 2.45) is 0 Å². The van der Waals surface area contributed by atoms with Gasteiger partial charge < -0.3 is 4.42 Å². The molecule has 1 N–H and O–H groups in total. The molecule has 0 atom stereocenters. The minimum atomic E-state index is -3.83. The number of aromatic nitrogens is 1. The van der Waals surface area contributed by atoms with Crippen LogP contribution in [0, 0.1) is 0 Å². The second-order valence-electron chi connectivity index (χ2n) is 5.35. The lowest BCUT2D eigenvalue weighted by Crippen LogP contribution is -2.31. The fourth-order valence-corrected chi connectivity index (χ4v) is 4.04. The molecule has 6 nitrogen and oxygen atoms in total. The van der Waals surface area contributed by atoms with Crippen LogP contribution in [0.15, 0.2) is 69.2 Å². The minimum absolute atomic E-state index is 0.0247. The molecule has 0 spiro atoms.